The van der Waals surface area contributed by atoms with Gasteiger partial charge in [-0.1, -0.05) is 0 Å². The van der Waals surface area contributed by atoms with Gasteiger partial charge in [0.15, 0.2) is 0 Å². The molecule has 0 saturated heterocycles. The van der Waals surface area contributed by atoms with Gasteiger partial charge in [0, 0.05) is 0 Å². The zero-order valence-electron chi connectivity index (χ0n) is 3.58. The number of rotatable bonds is 0. The third-order valence-electron chi connectivity index (χ3n) is 0. The Labute approximate surface area is 62.8 Å². The van der Waals surface area contributed by atoms with E-state index in [4.69, 9.17) is 9.59 Å². The third kappa shape index (κ3) is 234. The summed E-state index contributed by atoms with van der Waals surface area (Å²) in [5, 5.41) is 0. The average Bonchev–Trinajstić information content (AvgIpc) is 1.50. The molecule has 3 radical (unpaired) electrons. The van der Waals surface area contributed by atoms with Crippen LogP contribution in [0, 0.1) is 0 Å². The van der Waals surface area contributed by atoms with Gasteiger partial charge >= 0.3 is 19.5 Å². The van der Waals surface area contributed by atoms with Crippen LogP contribution in [-0.2, 0) is 29.1 Å². The summed E-state index contributed by atoms with van der Waals surface area (Å²) >= 11 is 0. The van der Waals surface area contributed by atoms with Crippen molar-refractivity contribution < 1.29 is 29.1 Å². The van der Waals surface area contributed by atoms with E-state index in [1.165, 1.54) is 0 Å². The summed E-state index contributed by atoms with van der Waals surface area (Å²) in [6.45, 7) is 9.00. The molecule has 0 aromatic carbocycles. The fourth-order valence-corrected chi connectivity index (χ4v) is 0. The van der Waals surface area contributed by atoms with Crippen molar-refractivity contribution in [2.24, 2.45) is 0 Å². The zero-order valence-corrected chi connectivity index (χ0v) is 8.15. The number of hydrogen-bond donors (Lipinski definition) is 0. The van der Waals surface area contributed by atoms with Crippen LogP contribution < -0.4 is 0 Å². The van der Waals surface area contributed by atoms with Crippen molar-refractivity contribution in [1.82, 2.24) is 0 Å². The summed E-state index contributed by atoms with van der Waals surface area (Å²) in [6, 6.07) is 0. The quantitative estimate of drug-likeness (QED) is 0.304. The molecule has 0 aliphatic heterocycles. The van der Waals surface area contributed by atoms with E-state index < -0.39 is 0 Å². The topological polar surface area (TPSA) is 34.1 Å². The molecule has 0 heterocycles. The summed E-state index contributed by atoms with van der Waals surface area (Å²) in [6.07, 6.45) is 0. The Morgan fingerprint density at radius 2 is 0.714 bits per heavy atom. The fraction of sp³-hybridized carbons (Fsp3) is 0. The van der Waals surface area contributed by atoms with Gasteiger partial charge in [-0.2, -0.15) is 19.8 Å². The monoisotopic (exact) mass is 228 g/mol. The Bertz CT molecular complexity index is 15.7. The van der Waals surface area contributed by atoms with Crippen molar-refractivity contribution in [2.45, 2.75) is 0 Å². The van der Waals surface area contributed by atoms with Gasteiger partial charge in [-0.3, -0.25) is 0 Å². The second-order valence-electron chi connectivity index (χ2n) is 0. The van der Waals surface area contributed by atoms with Gasteiger partial charge in [0.25, 0.3) is 0 Å². The van der Waals surface area contributed by atoms with Crippen molar-refractivity contribution in [3.8, 4) is 0 Å². The molecule has 2 nitrogen and oxygen atoms in total. The molecule has 0 N–H and O–H groups in total. The second-order valence-corrected chi connectivity index (χ2v) is 0. The van der Waals surface area contributed by atoms with E-state index in [0.717, 1.165) is 0 Å². The first-order valence-electron chi connectivity index (χ1n) is 0.408. The molecule has 0 spiro atoms. The molecule has 0 aromatic rings. The Morgan fingerprint density at radius 1 is 0.714 bits per heavy atom. The molecule has 7 heavy (non-hydrogen) atoms. The molecule has 0 bridgehead atoms. The van der Waals surface area contributed by atoms with Crippen LogP contribution in [0.3, 0.4) is 0 Å². The van der Waals surface area contributed by atoms with Crippen LogP contribution in [0.2, 0.25) is 0 Å². The van der Waals surface area contributed by atoms with E-state index in [-0.39, 0.29) is 39.3 Å². The molecule has 46 valence electrons. The van der Waals surface area contributed by atoms with Gasteiger partial charge in [-0.25, -0.2) is 0 Å². The SMILES string of the molecule is P.P.[C-]=O.[C-]=O.[RhH+2]. The van der Waals surface area contributed by atoms with Gasteiger partial charge in [0.1, 0.15) is 0 Å². The molecule has 0 amide bonds. The van der Waals surface area contributed by atoms with Crippen LogP contribution in [-0.4, -0.2) is 13.6 Å². The maximum atomic E-state index is 7.50. The van der Waals surface area contributed by atoms with E-state index in [0.29, 0.717) is 0 Å². The van der Waals surface area contributed by atoms with Crippen molar-refractivity contribution in [1.29, 1.82) is 0 Å². The van der Waals surface area contributed by atoms with E-state index >= 15 is 0 Å². The molecular formula is C2H7O2P2Rh. The summed E-state index contributed by atoms with van der Waals surface area (Å²) in [5.74, 6) is 0. The van der Waals surface area contributed by atoms with Crippen LogP contribution >= 0.6 is 19.8 Å². The van der Waals surface area contributed by atoms with Crippen molar-refractivity contribution in [3.63, 3.8) is 0 Å². The summed E-state index contributed by atoms with van der Waals surface area (Å²) in [5.41, 5.74) is 0. The second kappa shape index (κ2) is 341. The Morgan fingerprint density at radius 3 is 0.714 bits per heavy atom. The average molecular weight is 228 g/mol. The van der Waals surface area contributed by atoms with E-state index in [9.17, 15) is 0 Å². The summed E-state index contributed by atoms with van der Waals surface area (Å²) in [4.78, 5) is 15.0. The number of hydrogen-bond acceptors (Lipinski definition) is 2. The van der Waals surface area contributed by atoms with Crippen molar-refractivity contribution >= 4 is 33.4 Å². The predicted octanol–water partition coefficient (Wildman–Crippen LogP) is -0.948. The van der Waals surface area contributed by atoms with Crippen LogP contribution in [0.25, 0.3) is 0 Å². The number of carbonyl (C=O) groups excluding carboxylic acids is 2. The van der Waals surface area contributed by atoms with Crippen molar-refractivity contribution in [3.05, 3.63) is 0 Å². The van der Waals surface area contributed by atoms with Crippen LogP contribution in [0.5, 0.6) is 0 Å². The van der Waals surface area contributed by atoms with Crippen molar-refractivity contribution in [2.75, 3.05) is 0 Å². The third-order valence-corrected chi connectivity index (χ3v) is 0. The minimum absolute atomic E-state index is 0. The first-order valence-corrected chi connectivity index (χ1v) is 0.408. The molecule has 0 fully saturated rings. The minimum atomic E-state index is 0. The molecule has 2 atom stereocenters. The Hall–Kier alpha value is 0.823. The van der Waals surface area contributed by atoms with Crippen LogP contribution in [0.4, 0.5) is 0 Å². The van der Waals surface area contributed by atoms with E-state index in [1.54, 1.807) is 0 Å². The molecule has 0 aliphatic rings. The van der Waals surface area contributed by atoms with E-state index in [1.807, 2.05) is 0 Å². The Balaban J connectivity index is -0.00000000267. The zero-order chi connectivity index (χ0) is 4.00. The van der Waals surface area contributed by atoms with Crippen LogP contribution in [0.15, 0.2) is 0 Å². The molecule has 0 rings (SSSR count). The molecular weight excluding hydrogens is 221 g/mol. The Kier molecular flexibility index (Phi) is 2230. The molecule has 0 aliphatic carbocycles. The maximum absolute atomic E-state index is 7.50. The normalized spacial score (nSPS) is 1.14. The molecule has 0 aromatic heterocycles. The van der Waals surface area contributed by atoms with E-state index in [2.05, 4.69) is 13.6 Å². The standard InChI is InChI=1S/2CO.2H3P.Rh.H/c2*1-2;;;;/h;;2*1H3;;/q2*-1;;;+2;. The molecule has 2 unspecified atom stereocenters. The van der Waals surface area contributed by atoms with Gasteiger partial charge in [0.2, 0.25) is 0 Å². The predicted molar refractivity (Wildman–Crippen MR) is 35.0 cm³/mol. The summed E-state index contributed by atoms with van der Waals surface area (Å²) in [7, 11) is 0. The first-order chi connectivity index (χ1) is 2.00. The van der Waals surface area contributed by atoms with Gasteiger partial charge in [-0.15, -0.1) is 0 Å². The molecule has 5 heteroatoms. The van der Waals surface area contributed by atoms with Gasteiger partial charge in [-0.05, 0) is 0 Å². The van der Waals surface area contributed by atoms with Gasteiger partial charge < -0.3 is 23.2 Å². The summed E-state index contributed by atoms with van der Waals surface area (Å²) < 4.78 is 0. The fourth-order valence-electron chi connectivity index (χ4n) is 0. The first kappa shape index (κ1) is 45.7. The van der Waals surface area contributed by atoms with Gasteiger partial charge in [0.05, 0.1) is 0 Å². The van der Waals surface area contributed by atoms with Crippen LogP contribution in [0.1, 0.15) is 0 Å². The molecule has 0 saturated carbocycles.